The second-order valence-electron chi connectivity index (χ2n) is 2.86. The molecule has 0 saturated heterocycles. The fraction of sp³-hybridized carbons (Fsp3) is 0.222. The van der Waals surface area contributed by atoms with Crippen LogP contribution in [0.2, 0.25) is 0 Å². The first-order valence-electron chi connectivity index (χ1n) is 4.24. The summed E-state index contributed by atoms with van der Waals surface area (Å²) in [6.07, 6.45) is 0. The topological polar surface area (TPSA) is 40.7 Å². The first-order valence-corrected chi connectivity index (χ1v) is 5.91. The van der Waals surface area contributed by atoms with Crippen molar-refractivity contribution in [2.24, 2.45) is 0 Å². The lowest BCUT2D eigenvalue weighted by molar-refractivity contribution is 0.797. The quantitative estimate of drug-likeness (QED) is 0.901. The van der Waals surface area contributed by atoms with E-state index in [0.717, 1.165) is 22.7 Å². The maximum Gasteiger partial charge on any atom is 0.175 e. The molecule has 2 rings (SSSR count). The monoisotopic (exact) mass is 271 g/mol. The Hall–Kier alpha value is -0.650. The van der Waals surface area contributed by atoms with Crippen LogP contribution in [-0.2, 0) is 6.54 Å². The van der Waals surface area contributed by atoms with Gasteiger partial charge in [-0.2, -0.15) is 0 Å². The number of nitrogens with zero attached hydrogens (tertiary/aromatic N) is 1. The van der Waals surface area contributed by atoms with Crippen LogP contribution in [-0.4, -0.2) is 17.0 Å². The van der Waals surface area contributed by atoms with Crippen LogP contribution in [0.15, 0.2) is 22.2 Å². The average molecular weight is 272 g/mol. The van der Waals surface area contributed by atoms with Gasteiger partial charge in [0.2, 0.25) is 0 Å². The molecule has 2 aromatic heterocycles. The predicted molar refractivity (Wildman–Crippen MR) is 62.4 cm³/mol. The highest BCUT2D eigenvalue weighted by molar-refractivity contribution is 9.10. The van der Waals surface area contributed by atoms with Gasteiger partial charge in [-0.25, -0.2) is 4.98 Å². The molecule has 2 N–H and O–H groups in total. The van der Waals surface area contributed by atoms with Crippen molar-refractivity contribution >= 4 is 27.3 Å². The van der Waals surface area contributed by atoms with Crippen LogP contribution < -0.4 is 5.32 Å². The lowest BCUT2D eigenvalue weighted by atomic mass is 10.3. The molecule has 0 bridgehead atoms. The number of aromatic amines is 1. The Balaban J connectivity index is 2.41. The number of hydrogen-bond acceptors (Lipinski definition) is 3. The smallest absolute Gasteiger partial charge is 0.175 e. The number of H-pyrrole nitrogens is 1. The van der Waals surface area contributed by atoms with E-state index in [0.29, 0.717) is 0 Å². The fourth-order valence-corrected chi connectivity index (χ4v) is 2.46. The van der Waals surface area contributed by atoms with E-state index in [-0.39, 0.29) is 0 Å². The molecule has 0 atom stereocenters. The minimum atomic E-state index is 0.783. The van der Waals surface area contributed by atoms with E-state index in [2.05, 4.69) is 42.7 Å². The highest BCUT2D eigenvalue weighted by Gasteiger charge is 2.10. The van der Waals surface area contributed by atoms with Gasteiger partial charge in [0.05, 0.1) is 10.6 Å². The average Bonchev–Trinajstić information content (AvgIpc) is 2.74. The van der Waals surface area contributed by atoms with Gasteiger partial charge in [-0.1, -0.05) is 6.07 Å². The molecule has 0 aliphatic heterocycles. The van der Waals surface area contributed by atoms with E-state index in [4.69, 9.17) is 0 Å². The summed E-state index contributed by atoms with van der Waals surface area (Å²) < 4.78 is 0.783. The summed E-state index contributed by atoms with van der Waals surface area (Å²) in [5.74, 6) is 0. The van der Waals surface area contributed by atoms with Crippen LogP contribution in [0.5, 0.6) is 0 Å². The third kappa shape index (κ3) is 1.89. The standard InChI is InChI=1S/C9H10BrN3S/c1-11-5-6-8(13-9(10)12-6)7-3-2-4-14-7/h2-4,11H,5H2,1H3,(H,12,13). The number of halogens is 1. The SMILES string of the molecule is CNCc1[nH]c(Br)nc1-c1cccs1. The molecule has 2 aromatic rings. The molecule has 0 spiro atoms. The molecule has 0 aliphatic carbocycles. The van der Waals surface area contributed by atoms with Crippen molar-refractivity contribution in [1.29, 1.82) is 0 Å². The fourth-order valence-electron chi connectivity index (χ4n) is 1.30. The second-order valence-corrected chi connectivity index (χ2v) is 4.56. The van der Waals surface area contributed by atoms with Crippen molar-refractivity contribution in [2.75, 3.05) is 7.05 Å². The van der Waals surface area contributed by atoms with Crippen molar-refractivity contribution in [3.05, 3.63) is 27.9 Å². The number of imidazole rings is 1. The number of aromatic nitrogens is 2. The molecule has 0 radical (unpaired) electrons. The number of rotatable bonds is 3. The first kappa shape index (κ1) is 9.89. The maximum atomic E-state index is 4.40. The zero-order chi connectivity index (χ0) is 9.97. The number of hydrogen-bond donors (Lipinski definition) is 2. The van der Waals surface area contributed by atoms with E-state index in [1.807, 2.05) is 13.1 Å². The van der Waals surface area contributed by atoms with Gasteiger partial charge in [-0.15, -0.1) is 11.3 Å². The Labute approximate surface area is 94.7 Å². The summed E-state index contributed by atoms with van der Waals surface area (Å²) in [5.41, 5.74) is 2.14. The largest absolute Gasteiger partial charge is 0.335 e. The van der Waals surface area contributed by atoms with Crippen molar-refractivity contribution < 1.29 is 0 Å². The number of thiophene rings is 1. The van der Waals surface area contributed by atoms with Gasteiger partial charge in [-0.3, -0.25) is 0 Å². The van der Waals surface area contributed by atoms with E-state index >= 15 is 0 Å². The van der Waals surface area contributed by atoms with Crippen molar-refractivity contribution in [1.82, 2.24) is 15.3 Å². The molecule has 74 valence electrons. The van der Waals surface area contributed by atoms with E-state index in [9.17, 15) is 0 Å². The van der Waals surface area contributed by atoms with Gasteiger partial charge in [0, 0.05) is 6.54 Å². The lowest BCUT2D eigenvalue weighted by Crippen LogP contribution is -2.06. The van der Waals surface area contributed by atoms with Crippen LogP contribution in [0.25, 0.3) is 10.6 Å². The molecule has 0 unspecified atom stereocenters. The molecule has 0 amide bonds. The van der Waals surface area contributed by atoms with Gasteiger partial charge < -0.3 is 10.3 Å². The van der Waals surface area contributed by atoms with Crippen molar-refractivity contribution in [2.45, 2.75) is 6.54 Å². The van der Waals surface area contributed by atoms with Gasteiger partial charge in [0.15, 0.2) is 4.73 Å². The van der Waals surface area contributed by atoms with Crippen LogP contribution in [0.3, 0.4) is 0 Å². The van der Waals surface area contributed by atoms with E-state index < -0.39 is 0 Å². The Morgan fingerprint density at radius 1 is 1.64 bits per heavy atom. The second kappa shape index (κ2) is 4.25. The highest BCUT2D eigenvalue weighted by atomic mass is 79.9. The molecular weight excluding hydrogens is 262 g/mol. The molecule has 0 aliphatic rings. The Kier molecular flexibility index (Phi) is 3.00. The van der Waals surface area contributed by atoms with Gasteiger partial charge in [-0.05, 0) is 34.4 Å². The Bertz CT molecular complexity index is 408. The van der Waals surface area contributed by atoms with Crippen LogP contribution in [0.4, 0.5) is 0 Å². The predicted octanol–water partition coefficient (Wildman–Crippen LogP) is 2.62. The Morgan fingerprint density at radius 2 is 2.50 bits per heavy atom. The minimum Gasteiger partial charge on any atom is -0.335 e. The molecule has 2 heterocycles. The van der Waals surface area contributed by atoms with Crippen LogP contribution in [0, 0.1) is 0 Å². The third-order valence-corrected chi connectivity index (χ3v) is 3.11. The molecule has 0 saturated carbocycles. The molecule has 3 nitrogen and oxygen atoms in total. The summed E-state index contributed by atoms with van der Waals surface area (Å²) in [4.78, 5) is 8.78. The maximum absolute atomic E-state index is 4.40. The molecule has 5 heteroatoms. The normalized spacial score (nSPS) is 10.7. The van der Waals surface area contributed by atoms with Crippen molar-refractivity contribution in [3.8, 4) is 10.6 Å². The third-order valence-electron chi connectivity index (χ3n) is 1.86. The number of nitrogens with one attached hydrogen (secondary N) is 2. The lowest BCUT2D eigenvalue weighted by Gasteiger charge is -1.98. The zero-order valence-corrected chi connectivity index (χ0v) is 10.1. The summed E-state index contributed by atoms with van der Waals surface area (Å²) in [6.45, 7) is 0.797. The van der Waals surface area contributed by atoms with Gasteiger partial charge >= 0.3 is 0 Å². The minimum absolute atomic E-state index is 0.783. The zero-order valence-electron chi connectivity index (χ0n) is 7.67. The molecule has 0 aromatic carbocycles. The van der Waals surface area contributed by atoms with Crippen molar-refractivity contribution in [3.63, 3.8) is 0 Å². The Morgan fingerprint density at radius 3 is 3.14 bits per heavy atom. The molecule has 14 heavy (non-hydrogen) atoms. The summed E-state index contributed by atoms with van der Waals surface area (Å²) in [5, 5.41) is 5.17. The van der Waals surface area contributed by atoms with Crippen LogP contribution in [0.1, 0.15) is 5.69 Å². The van der Waals surface area contributed by atoms with E-state index in [1.165, 1.54) is 4.88 Å². The first-order chi connectivity index (χ1) is 6.81. The summed E-state index contributed by atoms with van der Waals surface area (Å²) in [6, 6.07) is 4.11. The summed E-state index contributed by atoms with van der Waals surface area (Å²) in [7, 11) is 1.92. The molecule has 0 fully saturated rings. The van der Waals surface area contributed by atoms with Crippen LogP contribution >= 0.6 is 27.3 Å². The van der Waals surface area contributed by atoms with E-state index in [1.54, 1.807) is 11.3 Å². The molecular formula is C9H10BrN3S. The van der Waals surface area contributed by atoms with Gasteiger partial charge in [0.25, 0.3) is 0 Å². The summed E-state index contributed by atoms with van der Waals surface area (Å²) >= 11 is 5.05. The highest BCUT2D eigenvalue weighted by Crippen LogP contribution is 2.27. The van der Waals surface area contributed by atoms with Gasteiger partial charge in [0.1, 0.15) is 5.69 Å².